The fourth-order valence-electron chi connectivity index (χ4n) is 0.617. The van der Waals surface area contributed by atoms with Crippen molar-refractivity contribution in [2.75, 3.05) is 0 Å². The fraction of sp³-hybridized carbons (Fsp3) is 0.400. The van der Waals surface area contributed by atoms with E-state index in [4.69, 9.17) is 5.21 Å². The summed E-state index contributed by atoms with van der Waals surface area (Å²) in [5.74, 6) is 0. The Balaban J connectivity index is 2.59. The summed E-state index contributed by atoms with van der Waals surface area (Å²) in [5.41, 5.74) is 0.792. The highest BCUT2D eigenvalue weighted by Gasteiger charge is 1.98. The van der Waals surface area contributed by atoms with Crippen LogP contribution in [0.5, 0.6) is 0 Å². The normalized spacial score (nSPS) is 24.3. The summed E-state index contributed by atoms with van der Waals surface area (Å²) in [6, 6.07) is 0. The van der Waals surface area contributed by atoms with Crippen LogP contribution in [-0.2, 0) is 0 Å². The highest BCUT2D eigenvalue weighted by Crippen LogP contribution is 2.03. The van der Waals surface area contributed by atoms with Crippen molar-refractivity contribution >= 4 is 5.71 Å². The maximum atomic E-state index is 8.10. The molecule has 38 valence electrons. The van der Waals surface area contributed by atoms with Gasteiger partial charge in [-0.2, -0.15) is 0 Å². The zero-order valence-corrected chi connectivity index (χ0v) is 3.96. The van der Waals surface area contributed by atoms with Crippen molar-refractivity contribution in [1.29, 1.82) is 0 Å². The van der Waals surface area contributed by atoms with Crippen LogP contribution >= 0.6 is 0 Å². The number of rotatable bonds is 0. The van der Waals surface area contributed by atoms with Crippen molar-refractivity contribution in [3.05, 3.63) is 12.2 Å². The Morgan fingerprint density at radius 2 is 2.57 bits per heavy atom. The van der Waals surface area contributed by atoms with E-state index in [1.165, 1.54) is 0 Å². The molecule has 0 heterocycles. The molecule has 0 atom stereocenters. The standard InChI is InChI=1S/C5H7NO/c7-6-5-3-1-2-4-5/h1,3,7H,2,4H2/b6-5+. The first-order chi connectivity index (χ1) is 3.43. The minimum atomic E-state index is 0.792. The predicted octanol–water partition coefficient (Wildman–Crippen LogP) is 1.17. The summed E-state index contributed by atoms with van der Waals surface area (Å²) in [4.78, 5) is 0. The van der Waals surface area contributed by atoms with Crippen LogP contribution in [0.3, 0.4) is 0 Å². The van der Waals surface area contributed by atoms with Gasteiger partial charge in [0.25, 0.3) is 0 Å². The number of nitrogens with zero attached hydrogens (tertiary/aromatic N) is 1. The van der Waals surface area contributed by atoms with E-state index in [9.17, 15) is 0 Å². The van der Waals surface area contributed by atoms with Crippen molar-refractivity contribution in [2.24, 2.45) is 5.16 Å². The van der Waals surface area contributed by atoms with Crippen LogP contribution in [-0.4, -0.2) is 10.9 Å². The van der Waals surface area contributed by atoms with E-state index in [1.807, 2.05) is 12.2 Å². The average molecular weight is 97.1 g/mol. The molecule has 0 fully saturated rings. The summed E-state index contributed by atoms with van der Waals surface area (Å²) in [6.07, 6.45) is 5.75. The predicted molar refractivity (Wildman–Crippen MR) is 27.6 cm³/mol. The van der Waals surface area contributed by atoms with E-state index in [0.29, 0.717) is 0 Å². The van der Waals surface area contributed by atoms with E-state index in [-0.39, 0.29) is 0 Å². The largest absolute Gasteiger partial charge is 0.411 e. The first kappa shape index (κ1) is 4.37. The Labute approximate surface area is 42.1 Å². The molecule has 2 heteroatoms. The lowest BCUT2D eigenvalue weighted by molar-refractivity contribution is 0.318. The molecule has 0 aromatic heterocycles. The summed E-state index contributed by atoms with van der Waals surface area (Å²) in [6.45, 7) is 0. The number of hydrogen-bond acceptors (Lipinski definition) is 2. The highest BCUT2D eigenvalue weighted by molar-refractivity contribution is 5.96. The monoisotopic (exact) mass is 97.1 g/mol. The molecule has 0 radical (unpaired) electrons. The van der Waals surface area contributed by atoms with Crippen molar-refractivity contribution in [2.45, 2.75) is 12.8 Å². The number of hydrogen-bond donors (Lipinski definition) is 1. The van der Waals surface area contributed by atoms with Gasteiger partial charge in [-0.25, -0.2) is 0 Å². The number of allylic oxidation sites excluding steroid dienone is 2. The Morgan fingerprint density at radius 3 is 2.86 bits per heavy atom. The summed E-state index contributed by atoms with van der Waals surface area (Å²) in [5, 5.41) is 11.1. The van der Waals surface area contributed by atoms with Gasteiger partial charge in [0.1, 0.15) is 0 Å². The molecule has 7 heavy (non-hydrogen) atoms. The maximum absolute atomic E-state index is 8.10. The first-order valence-corrected chi connectivity index (χ1v) is 2.31. The molecule has 1 rings (SSSR count). The Bertz CT molecular complexity index is 112. The van der Waals surface area contributed by atoms with Crippen LogP contribution in [0.15, 0.2) is 17.3 Å². The molecule has 1 N–H and O–H groups in total. The summed E-state index contributed by atoms with van der Waals surface area (Å²) < 4.78 is 0. The molecule has 2 nitrogen and oxygen atoms in total. The molecule has 0 bridgehead atoms. The molecule has 0 aliphatic heterocycles. The lowest BCUT2D eigenvalue weighted by atomic mass is 10.3. The molecule has 0 saturated carbocycles. The lowest BCUT2D eigenvalue weighted by Crippen LogP contribution is -1.83. The van der Waals surface area contributed by atoms with Gasteiger partial charge in [0, 0.05) is 0 Å². The van der Waals surface area contributed by atoms with Gasteiger partial charge in [0.2, 0.25) is 0 Å². The Morgan fingerprint density at radius 1 is 1.71 bits per heavy atom. The van der Waals surface area contributed by atoms with Crippen LogP contribution in [0.2, 0.25) is 0 Å². The summed E-state index contributed by atoms with van der Waals surface area (Å²) >= 11 is 0. The topological polar surface area (TPSA) is 32.6 Å². The van der Waals surface area contributed by atoms with Crippen molar-refractivity contribution in [3.63, 3.8) is 0 Å². The van der Waals surface area contributed by atoms with Crippen molar-refractivity contribution in [3.8, 4) is 0 Å². The second kappa shape index (κ2) is 1.78. The molecular weight excluding hydrogens is 90.1 g/mol. The zero-order chi connectivity index (χ0) is 5.11. The SMILES string of the molecule is O/N=C1\C=CCC1. The highest BCUT2D eigenvalue weighted by atomic mass is 16.4. The Kier molecular flexibility index (Phi) is 1.11. The van der Waals surface area contributed by atoms with E-state index >= 15 is 0 Å². The fourth-order valence-corrected chi connectivity index (χ4v) is 0.617. The first-order valence-electron chi connectivity index (χ1n) is 2.31. The second-order valence-electron chi connectivity index (χ2n) is 1.53. The second-order valence-corrected chi connectivity index (χ2v) is 1.53. The molecule has 0 amide bonds. The quantitative estimate of drug-likeness (QED) is 0.357. The summed E-state index contributed by atoms with van der Waals surface area (Å²) in [7, 11) is 0. The van der Waals surface area contributed by atoms with Crippen LogP contribution in [0.4, 0.5) is 0 Å². The maximum Gasteiger partial charge on any atom is 0.0795 e. The molecule has 0 unspecified atom stereocenters. The minimum absolute atomic E-state index is 0.792. The van der Waals surface area contributed by atoms with Gasteiger partial charge in [-0.05, 0) is 18.9 Å². The van der Waals surface area contributed by atoms with E-state index in [0.717, 1.165) is 18.6 Å². The molecule has 0 aromatic carbocycles. The van der Waals surface area contributed by atoms with E-state index in [2.05, 4.69) is 5.16 Å². The van der Waals surface area contributed by atoms with Crippen LogP contribution < -0.4 is 0 Å². The molecular formula is C5H7NO. The zero-order valence-electron chi connectivity index (χ0n) is 3.96. The smallest absolute Gasteiger partial charge is 0.0795 e. The third-order valence-electron chi connectivity index (χ3n) is 1.01. The van der Waals surface area contributed by atoms with E-state index in [1.54, 1.807) is 0 Å². The van der Waals surface area contributed by atoms with Crippen LogP contribution in [0.25, 0.3) is 0 Å². The van der Waals surface area contributed by atoms with Gasteiger partial charge in [0.05, 0.1) is 5.71 Å². The van der Waals surface area contributed by atoms with Crippen molar-refractivity contribution < 1.29 is 5.21 Å². The van der Waals surface area contributed by atoms with Gasteiger partial charge >= 0.3 is 0 Å². The van der Waals surface area contributed by atoms with Gasteiger partial charge in [-0.15, -0.1) is 0 Å². The average Bonchev–Trinajstić information content (AvgIpc) is 2.14. The third kappa shape index (κ3) is 0.796. The third-order valence-corrected chi connectivity index (χ3v) is 1.01. The van der Waals surface area contributed by atoms with Gasteiger partial charge < -0.3 is 5.21 Å². The lowest BCUT2D eigenvalue weighted by Gasteiger charge is -1.80. The van der Waals surface area contributed by atoms with E-state index < -0.39 is 0 Å². The van der Waals surface area contributed by atoms with Gasteiger partial charge in [-0.3, -0.25) is 0 Å². The minimum Gasteiger partial charge on any atom is -0.411 e. The molecule has 1 aliphatic carbocycles. The van der Waals surface area contributed by atoms with Gasteiger partial charge in [-0.1, -0.05) is 11.2 Å². The molecule has 0 spiro atoms. The van der Waals surface area contributed by atoms with Crippen LogP contribution in [0.1, 0.15) is 12.8 Å². The molecule has 0 saturated heterocycles. The molecule has 0 aromatic rings. The van der Waals surface area contributed by atoms with Crippen molar-refractivity contribution in [1.82, 2.24) is 0 Å². The number of oxime groups is 1. The Hall–Kier alpha value is -0.790. The van der Waals surface area contributed by atoms with Crippen LogP contribution in [0, 0.1) is 0 Å². The molecule has 1 aliphatic rings. The van der Waals surface area contributed by atoms with Gasteiger partial charge in [0.15, 0.2) is 0 Å².